The second-order valence-corrected chi connectivity index (χ2v) is 5.77. The first-order valence-electron chi connectivity index (χ1n) is 4.62. The van der Waals surface area contributed by atoms with Crippen LogP contribution in [-0.2, 0) is 0 Å². The standard InChI is InChI=1S/C10H11BrN2OS/c1-6(4-12)7-5-13-10(14-7)8-2-3-9(11)15-8/h2-3,5-6H,4,12H2,1H3. The first-order valence-corrected chi connectivity index (χ1v) is 6.23. The molecule has 80 valence electrons. The largest absolute Gasteiger partial charge is 0.440 e. The summed E-state index contributed by atoms with van der Waals surface area (Å²) in [6.45, 7) is 2.59. The normalized spacial score (nSPS) is 13.0. The molecule has 2 N–H and O–H groups in total. The summed E-state index contributed by atoms with van der Waals surface area (Å²) in [7, 11) is 0. The number of aromatic nitrogens is 1. The lowest BCUT2D eigenvalue weighted by atomic mass is 10.1. The van der Waals surface area contributed by atoms with Gasteiger partial charge in [0.15, 0.2) is 0 Å². The number of oxazole rings is 1. The van der Waals surface area contributed by atoms with Crippen LogP contribution < -0.4 is 5.73 Å². The van der Waals surface area contributed by atoms with Crippen molar-refractivity contribution in [1.82, 2.24) is 4.98 Å². The van der Waals surface area contributed by atoms with E-state index in [1.165, 1.54) is 0 Å². The van der Waals surface area contributed by atoms with Crippen LogP contribution in [0, 0.1) is 0 Å². The number of rotatable bonds is 3. The Labute approximate surface area is 100 Å². The predicted octanol–water partition coefficient (Wildman–Crippen LogP) is 3.23. The van der Waals surface area contributed by atoms with Gasteiger partial charge in [-0.05, 0) is 28.1 Å². The summed E-state index contributed by atoms with van der Waals surface area (Å²) in [5, 5.41) is 0. The van der Waals surface area contributed by atoms with Crippen LogP contribution in [0.1, 0.15) is 18.6 Å². The van der Waals surface area contributed by atoms with Crippen molar-refractivity contribution in [3.8, 4) is 10.8 Å². The second-order valence-electron chi connectivity index (χ2n) is 3.31. The number of thiophene rings is 1. The molecule has 0 spiro atoms. The van der Waals surface area contributed by atoms with Crippen LogP contribution in [0.15, 0.2) is 26.5 Å². The summed E-state index contributed by atoms with van der Waals surface area (Å²) in [5.74, 6) is 1.73. The minimum Gasteiger partial charge on any atom is -0.440 e. The molecule has 0 radical (unpaired) electrons. The van der Waals surface area contributed by atoms with Crippen molar-refractivity contribution in [2.24, 2.45) is 5.73 Å². The molecule has 2 rings (SSSR count). The van der Waals surface area contributed by atoms with Gasteiger partial charge < -0.3 is 10.2 Å². The molecular formula is C10H11BrN2OS. The monoisotopic (exact) mass is 286 g/mol. The molecule has 0 saturated carbocycles. The van der Waals surface area contributed by atoms with Crippen LogP contribution in [-0.4, -0.2) is 11.5 Å². The lowest BCUT2D eigenvalue weighted by Gasteiger charge is -2.01. The van der Waals surface area contributed by atoms with Crippen LogP contribution in [0.3, 0.4) is 0 Å². The highest BCUT2D eigenvalue weighted by Gasteiger charge is 2.12. The maximum atomic E-state index is 5.63. The summed E-state index contributed by atoms with van der Waals surface area (Å²) < 4.78 is 6.71. The van der Waals surface area contributed by atoms with E-state index in [9.17, 15) is 0 Å². The maximum absolute atomic E-state index is 5.63. The fraction of sp³-hybridized carbons (Fsp3) is 0.300. The molecule has 2 aromatic heterocycles. The molecule has 0 aliphatic heterocycles. The van der Waals surface area contributed by atoms with Gasteiger partial charge >= 0.3 is 0 Å². The Bertz CT molecular complexity index is 452. The third-order valence-corrected chi connectivity index (χ3v) is 3.76. The van der Waals surface area contributed by atoms with E-state index < -0.39 is 0 Å². The summed E-state index contributed by atoms with van der Waals surface area (Å²) >= 11 is 5.01. The third kappa shape index (κ3) is 2.30. The SMILES string of the molecule is CC(CN)c1cnc(-c2ccc(Br)s2)o1. The predicted molar refractivity (Wildman–Crippen MR) is 65.0 cm³/mol. The molecule has 0 amide bonds. The number of hydrogen-bond acceptors (Lipinski definition) is 4. The Balaban J connectivity index is 2.27. The van der Waals surface area contributed by atoms with Crippen molar-refractivity contribution in [1.29, 1.82) is 0 Å². The lowest BCUT2D eigenvalue weighted by Crippen LogP contribution is -2.07. The Morgan fingerprint density at radius 1 is 1.60 bits per heavy atom. The van der Waals surface area contributed by atoms with Crippen LogP contribution in [0.5, 0.6) is 0 Å². The molecule has 1 atom stereocenters. The average molecular weight is 287 g/mol. The van der Waals surface area contributed by atoms with Crippen molar-refractivity contribution in [2.75, 3.05) is 6.54 Å². The first kappa shape index (κ1) is 10.9. The van der Waals surface area contributed by atoms with Gasteiger partial charge in [-0.1, -0.05) is 6.92 Å². The van der Waals surface area contributed by atoms with Crippen molar-refractivity contribution in [2.45, 2.75) is 12.8 Å². The fourth-order valence-corrected chi connectivity index (χ4v) is 2.49. The van der Waals surface area contributed by atoms with E-state index in [1.54, 1.807) is 17.5 Å². The van der Waals surface area contributed by atoms with E-state index in [0.29, 0.717) is 12.4 Å². The van der Waals surface area contributed by atoms with Gasteiger partial charge in [-0.3, -0.25) is 0 Å². The zero-order chi connectivity index (χ0) is 10.8. The number of hydrogen-bond donors (Lipinski definition) is 1. The average Bonchev–Trinajstić information content (AvgIpc) is 2.84. The summed E-state index contributed by atoms with van der Waals surface area (Å²) in [6, 6.07) is 3.97. The van der Waals surface area contributed by atoms with Gasteiger partial charge in [-0.15, -0.1) is 11.3 Å². The molecule has 15 heavy (non-hydrogen) atoms. The van der Waals surface area contributed by atoms with Gasteiger partial charge in [0, 0.05) is 12.5 Å². The van der Waals surface area contributed by atoms with Gasteiger partial charge in [0.25, 0.3) is 0 Å². The van der Waals surface area contributed by atoms with E-state index in [1.807, 2.05) is 19.1 Å². The van der Waals surface area contributed by atoms with Crippen LogP contribution >= 0.6 is 27.3 Å². The molecule has 0 saturated heterocycles. The highest BCUT2D eigenvalue weighted by Crippen LogP contribution is 2.31. The minimum absolute atomic E-state index is 0.217. The molecule has 2 aromatic rings. The summed E-state index contributed by atoms with van der Waals surface area (Å²) in [6.07, 6.45) is 1.75. The highest BCUT2D eigenvalue weighted by molar-refractivity contribution is 9.11. The van der Waals surface area contributed by atoms with Crippen LogP contribution in [0.2, 0.25) is 0 Å². The topological polar surface area (TPSA) is 52.0 Å². The van der Waals surface area contributed by atoms with Gasteiger partial charge in [-0.2, -0.15) is 0 Å². The van der Waals surface area contributed by atoms with E-state index >= 15 is 0 Å². The summed E-state index contributed by atoms with van der Waals surface area (Å²) in [4.78, 5) is 5.26. The van der Waals surface area contributed by atoms with E-state index in [2.05, 4.69) is 20.9 Å². The number of halogens is 1. The molecular weight excluding hydrogens is 276 g/mol. The fourth-order valence-electron chi connectivity index (χ4n) is 1.17. The molecule has 0 bridgehead atoms. The van der Waals surface area contributed by atoms with Gasteiger partial charge in [-0.25, -0.2) is 4.98 Å². The zero-order valence-corrected chi connectivity index (χ0v) is 10.6. The van der Waals surface area contributed by atoms with E-state index in [0.717, 1.165) is 14.4 Å². The number of nitrogens with two attached hydrogens (primary N) is 1. The van der Waals surface area contributed by atoms with E-state index in [-0.39, 0.29) is 5.92 Å². The molecule has 0 fully saturated rings. The quantitative estimate of drug-likeness (QED) is 0.943. The van der Waals surface area contributed by atoms with Gasteiger partial charge in [0.05, 0.1) is 14.9 Å². The smallest absolute Gasteiger partial charge is 0.236 e. The molecule has 5 heteroatoms. The molecule has 0 aliphatic carbocycles. The van der Waals surface area contributed by atoms with Gasteiger partial charge in [0.2, 0.25) is 5.89 Å². The molecule has 1 unspecified atom stereocenters. The van der Waals surface area contributed by atoms with Crippen LogP contribution in [0.25, 0.3) is 10.8 Å². The van der Waals surface area contributed by atoms with Gasteiger partial charge in [0.1, 0.15) is 5.76 Å². The Morgan fingerprint density at radius 2 is 2.40 bits per heavy atom. The highest BCUT2D eigenvalue weighted by atomic mass is 79.9. The van der Waals surface area contributed by atoms with Crippen molar-refractivity contribution in [3.05, 3.63) is 27.9 Å². The molecule has 0 aromatic carbocycles. The van der Waals surface area contributed by atoms with Crippen LogP contribution in [0.4, 0.5) is 0 Å². The minimum atomic E-state index is 0.217. The molecule has 2 heterocycles. The Kier molecular flexibility index (Phi) is 3.23. The first-order chi connectivity index (χ1) is 7.20. The summed E-state index contributed by atoms with van der Waals surface area (Å²) in [5.41, 5.74) is 5.56. The molecule has 0 aliphatic rings. The van der Waals surface area contributed by atoms with Crippen molar-refractivity contribution in [3.63, 3.8) is 0 Å². The van der Waals surface area contributed by atoms with Crippen molar-refractivity contribution >= 4 is 27.3 Å². The van der Waals surface area contributed by atoms with Crippen molar-refractivity contribution < 1.29 is 4.42 Å². The maximum Gasteiger partial charge on any atom is 0.236 e. The third-order valence-electron chi connectivity index (χ3n) is 2.15. The Morgan fingerprint density at radius 3 is 3.00 bits per heavy atom. The zero-order valence-electron chi connectivity index (χ0n) is 8.24. The Hall–Kier alpha value is -0.650. The lowest BCUT2D eigenvalue weighted by molar-refractivity contribution is 0.486. The molecule has 3 nitrogen and oxygen atoms in total. The second kappa shape index (κ2) is 4.47. The number of nitrogens with zero attached hydrogens (tertiary/aromatic N) is 1. The van der Waals surface area contributed by atoms with E-state index in [4.69, 9.17) is 10.2 Å².